The van der Waals surface area contributed by atoms with Crippen LogP contribution >= 0.6 is 45.8 Å². The largest absolute Gasteiger partial charge is 0.318 e. The molecule has 0 spiro atoms. The first-order valence-corrected chi connectivity index (χ1v) is 7.63. The number of hydrogen-bond donors (Lipinski definition) is 2. The number of amides is 2. The van der Waals surface area contributed by atoms with E-state index in [1.807, 2.05) is 12.1 Å². The Balaban J connectivity index is 2.04. The maximum absolute atomic E-state index is 11.8. The Bertz CT molecular complexity index is 690. The summed E-state index contributed by atoms with van der Waals surface area (Å²) in [5.74, 6) is -1.61. The molecule has 108 valence electrons. The fraction of sp³-hybridized carbons (Fsp3) is 0. The number of halogens is 3. The average molecular weight is 435 g/mol. The van der Waals surface area contributed by atoms with E-state index in [0.29, 0.717) is 10.7 Å². The van der Waals surface area contributed by atoms with Gasteiger partial charge in [0, 0.05) is 9.26 Å². The van der Waals surface area contributed by atoms with Crippen LogP contribution in [0.1, 0.15) is 0 Å². The van der Waals surface area contributed by atoms with E-state index in [0.717, 1.165) is 3.57 Å². The third-order valence-electron chi connectivity index (χ3n) is 2.51. The summed E-state index contributed by atoms with van der Waals surface area (Å²) in [5.41, 5.74) is 0.819. The highest BCUT2D eigenvalue weighted by molar-refractivity contribution is 14.1. The summed E-state index contributed by atoms with van der Waals surface area (Å²) >= 11 is 13.9. The topological polar surface area (TPSA) is 58.2 Å². The number of anilines is 2. The normalized spacial score (nSPS) is 10.0. The second kappa shape index (κ2) is 7.11. The van der Waals surface area contributed by atoms with Crippen molar-refractivity contribution in [2.45, 2.75) is 0 Å². The van der Waals surface area contributed by atoms with E-state index in [1.165, 1.54) is 0 Å². The molecule has 0 aliphatic carbocycles. The van der Waals surface area contributed by atoms with Crippen molar-refractivity contribution in [2.24, 2.45) is 0 Å². The summed E-state index contributed by atoms with van der Waals surface area (Å²) in [5, 5.41) is 5.39. The highest BCUT2D eigenvalue weighted by atomic mass is 127. The predicted octanol–water partition coefficient (Wildman–Crippen LogP) is 4.18. The van der Waals surface area contributed by atoms with Crippen LogP contribution in [0.4, 0.5) is 11.4 Å². The highest BCUT2D eigenvalue weighted by Crippen LogP contribution is 2.29. The lowest BCUT2D eigenvalue weighted by Gasteiger charge is -2.08. The number of nitrogens with one attached hydrogen (secondary N) is 2. The van der Waals surface area contributed by atoms with Gasteiger partial charge in [0.1, 0.15) is 0 Å². The summed E-state index contributed by atoms with van der Waals surface area (Å²) < 4.78 is 1.03. The number of benzene rings is 2. The molecule has 2 rings (SSSR count). The van der Waals surface area contributed by atoms with Crippen molar-refractivity contribution in [1.29, 1.82) is 0 Å². The van der Waals surface area contributed by atoms with Gasteiger partial charge in [-0.2, -0.15) is 0 Å². The average Bonchev–Trinajstić information content (AvgIpc) is 2.46. The molecule has 0 aliphatic rings. The van der Waals surface area contributed by atoms with E-state index in [-0.39, 0.29) is 10.7 Å². The number of carbonyl (C=O) groups excluding carboxylic acids is 2. The molecule has 2 aromatic rings. The smallest absolute Gasteiger partial charge is 0.314 e. The molecular formula is C14H9Cl2IN2O2. The van der Waals surface area contributed by atoms with Gasteiger partial charge in [0.25, 0.3) is 0 Å². The van der Waals surface area contributed by atoms with Crippen LogP contribution in [0, 0.1) is 3.57 Å². The summed E-state index contributed by atoms with van der Waals surface area (Å²) in [6, 6.07) is 11.8. The second-order valence-corrected chi connectivity index (χ2v) is 6.05. The Morgan fingerprint density at radius 3 is 2.19 bits per heavy atom. The highest BCUT2D eigenvalue weighted by Gasteiger charge is 2.16. The monoisotopic (exact) mass is 434 g/mol. The van der Waals surface area contributed by atoms with Gasteiger partial charge in [0.15, 0.2) is 0 Å². The van der Waals surface area contributed by atoms with Gasteiger partial charge < -0.3 is 10.6 Å². The maximum atomic E-state index is 11.8. The van der Waals surface area contributed by atoms with Gasteiger partial charge >= 0.3 is 11.8 Å². The standard InChI is InChI=1S/C14H9Cl2IN2O2/c15-10-2-1-3-11(12(10)16)19-14(21)13(20)18-9-6-4-8(17)5-7-9/h1-7H,(H,18,20)(H,19,21). The van der Waals surface area contributed by atoms with Gasteiger partial charge in [-0.15, -0.1) is 0 Å². The molecular weight excluding hydrogens is 426 g/mol. The minimum absolute atomic E-state index is 0.189. The quantitative estimate of drug-likeness (QED) is 0.550. The first-order valence-electron chi connectivity index (χ1n) is 5.79. The third-order valence-corrected chi connectivity index (χ3v) is 4.05. The molecule has 4 nitrogen and oxygen atoms in total. The zero-order chi connectivity index (χ0) is 15.4. The molecule has 0 bridgehead atoms. The number of carbonyl (C=O) groups is 2. The van der Waals surface area contributed by atoms with Crippen molar-refractivity contribution >= 4 is 69.0 Å². The number of hydrogen-bond acceptors (Lipinski definition) is 2. The zero-order valence-electron chi connectivity index (χ0n) is 10.5. The van der Waals surface area contributed by atoms with E-state index < -0.39 is 11.8 Å². The van der Waals surface area contributed by atoms with Crippen LogP contribution in [0.25, 0.3) is 0 Å². The van der Waals surface area contributed by atoms with Crippen LogP contribution in [-0.4, -0.2) is 11.8 Å². The van der Waals surface area contributed by atoms with Gasteiger partial charge in [-0.25, -0.2) is 0 Å². The fourth-order valence-corrected chi connectivity index (χ4v) is 2.21. The lowest BCUT2D eigenvalue weighted by atomic mass is 10.3. The Morgan fingerprint density at radius 2 is 1.52 bits per heavy atom. The molecule has 0 atom stereocenters. The van der Waals surface area contributed by atoms with E-state index in [1.54, 1.807) is 30.3 Å². The van der Waals surface area contributed by atoms with E-state index in [2.05, 4.69) is 33.2 Å². The molecule has 2 aromatic carbocycles. The molecule has 0 unspecified atom stereocenters. The molecule has 0 saturated carbocycles. The van der Waals surface area contributed by atoms with Crippen LogP contribution in [0.5, 0.6) is 0 Å². The van der Waals surface area contributed by atoms with Crippen molar-refractivity contribution in [3.8, 4) is 0 Å². The molecule has 21 heavy (non-hydrogen) atoms. The molecule has 0 saturated heterocycles. The van der Waals surface area contributed by atoms with Crippen LogP contribution < -0.4 is 10.6 Å². The Hall–Kier alpha value is -1.31. The van der Waals surface area contributed by atoms with E-state index in [4.69, 9.17) is 23.2 Å². The van der Waals surface area contributed by atoms with E-state index >= 15 is 0 Å². The first kappa shape index (κ1) is 16.1. The Morgan fingerprint density at radius 1 is 0.905 bits per heavy atom. The molecule has 0 radical (unpaired) electrons. The summed E-state index contributed by atoms with van der Waals surface area (Å²) in [6.45, 7) is 0. The first-order chi connectivity index (χ1) is 9.97. The number of rotatable bonds is 2. The molecule has 2 amide bonds. The van der Waals surface area contributed by atoms with Crippen LogP contribution in [0.3, 0.4) is 0 Å². The third kappa shape index (κ3) is 4.33. The summed E-state index contributed by atoms with van der Waals surface area (Å²) in [4.78, 5) is 23.6. The predicted molar refractivity (Wildman–Crippen MR) is 92.9 cm³/mol. The summed E-state index contributed by atoms with van der Waals surface area (Å²) in [6.07, 6.45) is 0. The van der Waals surface area contributed by atoms with Gasteiger partial charge in [0.2, 0.25) is 0 Å². The van der Waals surface area contributed by atoms with Gasteiger partial charge in [-0.3, -0.25) is 9.59 Å². The van der Waals surface area contributed by atoms with Gasteiger partial charge in [-0.1, -0.05) is 29.3 Å². The Labute approximate surface area is 145 Å². The second-order valence-electron chi connectivity index (χ2n) is 4.02. The van der Waals surface area contributed by atoms with Crippen molar-refractivity contribution in [1.82, 2.24) is 0 Å². The minimum atomic E-state index is -0.822. The van der Waals surface area contributed by atoms with Gasteiger partial charge in [0.05, 0.1) is 15.7 Å². The molecule has 0 fully saturated rings. The van der Waals surface area contributed by atoms with Crippen molar-refractivity contribution < 1.29 is 9.59 Å². The maximum Gasteiger partial charge on any atom is 0.314 e. The molecule has 0 heterocycles. The lowest BCUT2D eigenvalue weighted by Crippen LogP contribution is -2.29. The van der Waals surface area contributed by atoms with Crippen LogP contribution in [0.15, 0.2) is 42.5 Å². The molecule has 7 heteroatoms. The van der Waals surface area contributed by atoms with Gasteiger partial charge in [-0.05, 0) is 59.0 Å². The molecule has 2 N–H and O–H groups in total. The zero-order valence-corrected chi connectivity index (χ0v) is 14.2. The van der Waals surface area contributed by atoms with Crippen molar-refractivity contribution in [3.63, 3.8) is 0 Å². The molecule has 0 aromatic heterocycles. The lowest BCUT2D eigenvalue weighted by molar-refractivity contribution is -0.132. The van der Waals surface area contributed by atoms with Crippen LogP contribution in [-0.2, 0) is 9.59 Å². The van der Waals surface area contributed by atoms with Crippen LogP contribution in [0.2, 0.25) is 10.0 Å². The van der Waals surface area contributed by atoms with Crippen molar-refractivity contribution in [3.05, 3.63) is 56.1 Å². The van der Waals surface area contributed by atoms with Crippen molar-refractivity contribution in [2.75, 3.05) is 10.6 Å². The van der Waals surface area contributed by atoms with E-state index in [9.17, 15) is 9.59 Å². The molecule has 0 aliphatic heterocycles. The Kier molecular flexibility index (Phi) is 5.44. The SMILES string of the molecule is O=C(Nc1ccc(I)cc1)C(=O)Nc1cccc(Cl)c1Cl. The minimum Gasteiger partial charge on any atom is -0.318 e. The summed E-state index contributed by atoms with van der Waals surface area (Å²) in [7, 11) is 0. The fourth-order valence-electron chi connectivity index (χ4n) is 1.50.